The summed E-state index contributed by atoms with van der Waals surface area (Å²) < 4.78 is 50.4. The van der Waals surface area contributed by atoms with Crippen molar-refractivity contribution in [2.45, 2.75) is 18.4 Å². The summed E-state index contributed by atoms with van der Waals surface area (Å²) in [5.41, 5.74) is 5.94. The lowest BCUT2D eigenvalue weighted by Crippen LogP contribution is -2.47. The second-order valence-electron chi connectivity index (χ2n) is 4.79. The van der Waals surface area contributed by atoms with E-state index in [1.807, 2.05) is 23.5 Å². The number of amides is 1. The van der Waals surface area contributed by atoms with Crippen LogP contribution in [0.25, 0.3) is 10.8 Å². The van der Waals surface area contributed by atoms with E-state index in [2.05, 4.69) is 0 Å². The van der Waals surface area contributed by atoms with Gasteiger partial charge in [-0.15, -0.1) is 12.4 Å². The second kappa shape index (κ2) is 7.61. The monoisotopic (exact) mass is 350 g/mol. The first-order chi connectivity index (χ1) is 10.4. The molecule has 3 nitrogen and oxygen atoms in total. The van der Waals surface area contributed by atoms with Gasteiger partial charge in [-0.25, -0.2) is 8.78 Å². The van der Waals surface area contributed by atoms with E-state index >= 15 is 0 Å². The number of nitrogens with one attached hydrogen (secondary N) is 1. The summed E-state index contributed by atoms with van der Waals surface area (Å²) in [6.45, 7) is -0.191. The van der Waals surface area contributed by atoms with Crippen LogP contribution in [0.2, 0.25) is 0 Å². The van der Waals surface area contributed by atoms with Crippen molar-refractivity contribution >= 4 is 29.1 Å². The molecular weight excluding hydrogens is 336 g/mol. The van der Waals surface area contributed by atoms with Crippen LogP contribution in [0.1, 0.15) is 11.6 Å². The van der Waals surface area contributed by atoms with Gasteiger partial charge in [-0.3, -0.25) is 4.79 Å². The van der Waals surface area contributed by atoms with Gasteiger partial charge < -0.3 is 11.1 Å². The maximum atomic E-state index is 13.0. The van der Waals surface area contributed by atoms with Gasteiger partial charge in [-0.05, 0) is 22.4 Å². The number of hydrogen-bond acceptors (Lipinski definition) is 2. The number of carbonyl (C=O) groups is 1. The van der Waals surface area contributed by atoms with Gasteiger partial charge in [0.2, 0.25) is 0 Å². The molecule has 3 N–H and O–H groups in total. The summed E-state index contributed by atoms with van der Waals surface area (Å²) in [6, 6.07) is 11.4. The number of alkyl halides is 4. The lowest BCUT2D eigenvalue weighted by atomic mass is 10.0. The standard InChI is InChI=1S/C15H14F4N2O.ClH/c16-13(17)15(18,19)14(22)21-12(8-20)11-6-5-9-3-1-2-4-10(9)7-11;/h1-7,12-13H,8,20H2,(H,21,22);1H. The quantitative estimate of drug-likeness (QED) is 0.813. The highest BCUT2D eigenvalue weighted by molar-refractivity contribution is 5.86. The van der Waals surface area contributed by atoms with Crippen LogP contribution in [0.5, 0.6) is 0 Å². The SMILES string of the molecule is Cl.NCC(NC(=O)C(F)(F)C(F)F)c1ccc2ccccc2c1. The third-order valence-corrected chi connectivity index (χ3v) is 3.29. The topological polar surface area (TPSA) is 55.1 Å². The molecule has 1 amide bonds. The predicted molar refractivity (Wildman–Crippen MR) is 82.1 cm³/mol. The molecule has 23 heavy (non-hydrogen) atoms. The molecule has 0 saturated carbocycles. The maximum absolute atomic E-state index is 13.0. The Morgan fingerprint density at radius 2 is 1.74 bits per heavy atom. The van der Waals surface area contributed by atoms with Crippen LogP contribution in [0.15, 0.2) is 42.5 Å². The maximum Gasteiger partial charge on any atom is 0.383 e. The average molecular weight is 351 g/mol. The Labute approximate surface area is 136 Å². The number of hydrogen-bond donors (Lipinski definition) is 2. The van der Waals surface area contributed by atoms with Crippen LogP contribution in [-0.4, -0.2) is 24.8 Å². The Hall–Kier alpha value is -1.86. The molecule has 2 aromatic carbocycles. The Kier molecular flexibility index (Phi) is 6.35. The molecule has 0 aliphatic heterocycles. The van der Waals surface area contributed by atoms with Crippen LogP contribution in [0.4, 0.5) is 17.6 Å². The van der Waals surface area contributed by atoms with Crippen LogP contribution in [0, 0.1) is 0 Å². The first-order valence-electron chi connectivity index (χ1n) is 6.52. The van der Waals surface area contributed by atoms with Crippen molar-refractivity contribution in [1.29, 1.82) is 0 Å². The number of nitrogens with two attached hydrogens (primary N) is 1. The molecule has 1 atom stereocenters. The molecule has 0 heterocycles. The molecule has 2 rings (SSSR count). The van der Waals surface area contributed by atoms with Crippen LogP contribution >= 0.6 is 12.4 Å². The summed E-state index contributed by atoms with van der Waals surface area (Å²) in [7, 11) is 0. The number of fused-ring (bicyclic) bond motifs is 1. The van der Waals surface area contributed by atoms with Gasteiger partial charge in [0.25, 0.3) is 5.91 Å². The smallest absolute Gasteiger partial charge is 0.343 e. The highest BCUT2D eigenvalue weighted by atomic mass is 35.5. The Morgan fingerprint density at radius 1 is 1.13 bits per heavy atom. The van der Waals surface area contributed by atoms with Crippen LogP contribution in [0.3, 0.4) is 0 Å². The third kappa shape index (κ3) is 4.11. The molecule has 126 valence electrons. The number of rotatable bonds is 5. The van der Waals surface area contributed by atoms with Crippen LogP contribution < -0.4 is 11.1 Å². The van der Waals surface area contributed by atoms with E-state index < -0.39 is 24.3 Å². The van der Waals surface area contributed by atoms with Crippen molar-refractivity contribution in [3.63, 3.8) is 0 Å². The summed E-state index contributed by atoms with van der Waals surface area (Å²) >= 11 is 0. The molecule has 1 unspecified atom stereocenters. The highest BCUT2D eigenvalue weighted by Gasteiger charge is 2.49. The zero-order chi connectivity index (χ0) is 16.3. The fourth-order valence-electron chi connectivity index (χ4n) is 2.06. The van der Waals surface area contributed by atoms with Crippen molar-refractivity contribution in [2.24, 2.45) is 5.73 Å². The van der Waals surface area contributed by atoms with Crippen molar-refractivity contribution in [2.75, 3.05) is 6.54 Å². The molecule has 8 heteroatoms. The van der Waals surface area contributed by atoms with Gasteiger partial charge in [0.15, 0.2) is 0 Å². The molecule has 0 aromatic heterocycles. The number of halogens is 5. The van der Waals surface area contributed by atoms with E-state index in [1.165, 1.54) is 0 Å². The largest absolute Gasteiger partial charge is 0.383 e. The van der Waals surface area contributed by atoms with E-state index in [9.17, 15) is 22.4 Å². The van der Waals surface area contributed by atoms with Gasteiger partial charge in [-0.1, -0.05) is 36.4 Å². The molecule has 0 bridgehead atoms. The zero-order valence-electron chi connectivity index (χ0n) is 11.8. The van der Waals surface area contributed by atoms with E-state index in [1.54, 1.807) is 24.3 Å². The lowest BCUT2D eigenvalue weighted by Gasteiger charge is -2.21. The van der Waals surface area contributed by atoms with Crippen molar-refractivity contribution in [1.82, 2.24) is 5.32 Å². The molecule has 0 aliphatic carbocycles. The Balaban J connectivity index is 0.00000264. The van der Waals surface area contributed by atoms with Crippen LogP contribution in [-0.2, 0) is 4.79 Å². The summed E-state index contributed by atoms with van der Waals surface area (Å²) in [6.07, 6.45) is -4.07. The summed E-state index contributed by atoms with van der Waals surface area (Å²) in [5, 5.41) is 3.62. The van der Waals surface area contributed by atoms with Gasteiger partial charge in [-0.2, -0.15) is 8.78 Å². The fourth-order valence-corrected chi connectivity index (χ4v) is 2.06. The third-order valence-electron chi connectivity index (χ3n) is 3.29. The molecule has 0 fully saturated rings. The lowest BCUT2D eigenvalue weighted by molar-refractivity contribution is -0.170. The minimum Gasteiger partial charge on any atom is -0.343 e. The minimum atomic E-state index is -4.75. The van der Waals surface area contributed by atoms with E-state index in [0.717, 1.165) is 10.8 Å². The van der Waals surface area contributed by atoms with E-state index in [0.29, 0.717) is 5.56 Å². The predicted octanol–water partition coefficient (Wildman–Crippen LogP) is 3.28. The minimum absolute atomic E-state index is 0. The molecule has 0 spiro atoms. The molecule has 0 radical (unpaired) electrons. The van der Waals surface area contributed by atoms with Gasteiger partial charge >= 0.3 is 12.3 Å². The van der Waals surface area contributed by atoms with Crippen molar-refractivity contribution in [3.05, 3.63) is 48.0 Å². The summed E-state index contributed by atoms with van der Waals surface area (Å²) in [5.74, 6) is -6.78. The number of benzene rings is 2. The first-order valence-corrected chi connectivity index (χ1v) is 6.52. The molecule has 2 aromatic rings. The van der Waals surface area contributed by atoms with E-state index in [4.69, 9.17) is 5.73 Å². The van der Waals surface area contributed by atoms with Gasteiger partial charge in [0.1, 0.15) is 0 Å². The normalized spacial score (nSPS) is 12.8. The Morgan fingerprint density at radius 3 is 2.30 bits per heavy atom. The molecule has 0 saturated heterocycles. The average Bonchev–Trinajstić information content (AvgIpc) is 2.51. The van der Waals surface area contributed by atoms with Crippen molar-refractivity contribution in [3.8, 4) is 0 Å². The number of carbonyl (C=O) groups excluding carboxylic acids is 1. The van der Waals surface area contributed by atoms with Gasteiger partial charge in [0.05, 0.1) is 6.04 Å². The fraction of sp³-hybridized carbons (Fsp3) is 0.267. The first kappa shape index (κ1) is 19.2. The van der Waals surface area contributed by atoms with E-state index in [-0.39, 0.29) is 19.0 Å². The highest BCUT2D eigenvalue weighted by Crippen LogP contribution is 2.25. The van der Waals surface area contributed by atoms with Gasteiger partial charge in [0, 0.05) is 6.54 Å². The Bertz CT molecular complexity index is 681. The second-order valence-corrected chi connectivity index (χ2v) is 4.79. The van der Waals surface area contributed by atoms with Crippen molar-refractivity contribution < 1.29 is 22.4 Å². The molecular formula is C15H15ClF4N2O. The zero-order valence-corrected chi connectivity index (χ0v) is 12.6. The summed E-state index contributed by atoms with van der Waals surface area (Å²) in [4.78, 5) is 11.3. The molecule has 0 aliphatic rings.